The minimum Gasteiger partial charge on any atom is -0.310 e. The monoisotopic (exact) mass is 291 g/mol. The number of nitrogens with one attached hydrogen (secondary N) is 1. The summed E-state index contributed by atoms with van der Waals surface area (Å²) in [6.07, 6.45) is 1.95. The Hall–Kier alpha value is -1.32. The number of rotatable bonds is 5. The van der Waals surface area contributed by atoms with Gasteiger partial charge in [-0.3, -0.25) is 0 Å². The van der Waals surface area contributed by atoms with Gasteiger partial charge in [-0.1, -0.05) is 45.4 Å². The molecule has 0 unspecified atom stereocenters. The molecule has 0 bridgehead atoms. The molecule has 108 valence electrons. The SMILES string of the molecule is CC(C)NCc1cnn(-c2cccc(Cl)c2)c1C(C)C. The Balaban J connectivity index is 2.39. The highest BCUT2D eigenvalue weighted by Gasteiger charge is 2.15. The Bertz CT molecular complexity index is 573. The van der Waals surface area contributed by atoms with Gasteiger partial charge in [-0.05, 0) is 24.1 Å². The second-order valence-electron chi connectivity index (χ2n) is 5.64. The first-order valence-corrected chi connectivity index (χ1v) is 7.43. The summed E-state index contributed by atoms with van der Waals surface area (Å²) >= 11 is 6.08. The average molecular weight is 292 g/mol. The lowest BCUT2D eigenvalue weighted by atomic mass is 10.1. The number of nitrogens with zero attached hydrogens (tertiary/aromatic N) is 2. The van der Waals surface area contributed by atoms with Gasteiger partial charge in [0.15, 0.2) is 0 Å². The molecule has 1 aromatic heterocycles. The van der Waals surface area contributed by atoms with E-state index in [4.69, 9.17) is 11.6 Å². The summed E-state index contributed by atoms with van der Waals surface area (Å²) in [5.41, 5.74) is 3.49. The minimum absolute atomic E-state index is 0.403. The first-order chi connectivity index (χ1) is 9.49. The van der Waals surface area contributed by atoms with Crippen LogP contribution in [-0.4, -0.2) is 15.8 Å². The standard InChI is InChI=1S/C16H22ClN3/c1-11(2)16-13(9-18-12(3)4)10-19-20(16)15-7-5-6-14(17)8-15/h5-8,10-12,18H,9H2,1-4H3. The molecule has 0 aliphatic carbocycles. The van der Waals surface area contributed by atoms with Crippen LogP contribution in [-0.2, 0) is 6.54 Å². The molecule has 0 aliphatic heterocycles. The third kappa shape index (κ3) is 3.41. The van der Waals surface area contributed by atoms with Crippen molar-refractivity contribution in [3.05, 3.63) is 46.7 Å². The predicted octanol–water partition coefficient (Wildman–Crippen LogP) is 4.15. The summed E-state index contributed by atoms with van der Waals surface area (Å²) in [7, 11) is 0. The van der Waals surface area contributed by atoms with E-state index in [9.17, 15) is 0 Å². The van der Waals surface area contributed by atoms with Gasteiger partial charge in [-0.25, -0.2) is 4.68 Å². The topological polar surface area (TPSA) is 29.9 Å². The van der Waals surface area contributed by atoms with E-state index < -0.39 is 0 Å². The Morgan fingerprint density at radius 1 is 1.25 bits per heavy atom. The summed E-state index contributed by atoms with van der Waals surface area (Å²) in [5, 5.41) is 8.73. The van der Waals surface area contributed by atoms with Crippen LogP contribution in [0.15, 0.2) is 30.5 Å². The maximum Gasteiger partial charge on any atom is 0.0663 e. The van der Waals surface area contributed by atoms with Gasteiger partial charge >= 0.3 is 0 Å². The normalized spacial score (nSPS) is 11.6. The third-order valence-corrected chi connectivity index (χ3v) is 3.42. The average Bonchev–Trinajstić information content (AvgIpc) is 2.80. The van der Waals surface area contributed by atoms with E-state index in [-0.39, 0.29) is 0 Å². The van der Waals surface area contributed by atoms with Gasteiger partial charge in [0.05, 0.1) is 17.6 Å². The van der Waals surface area contributed by atoms with Crippen LogP contribution in [0.3, 0.4) is 0 Å². The summed E-state index contributed by atoms with van der Waals surface area (Å²) in [6, 6.07) is 8.27. The van der Waals surface area contributed by atoms with Gasteiger partial charge in [0.1, 0.15) is 0 Å². The molecule has 20 heavy (non-hydrogen) atoms. The van der Waals surface area contributed by atoms with Crippen LogP contribution in [0.1, 0.15) is 44.9 Å². The summed E-state index contributed by atoms with van der Waals surface area (Å²) in [4.78, 5) is 0. The number of hydrogen-bond donors (Lipinski definition) is 1. The van der Waals surface area contributed by atoms with Gasteiger partial charge in [-0.2, -0.15) is 5.10 Å². The maximum absolute atomic E-state index is 6.08. The number of aromatic nitrogens is 2. The van der Waals surface area contributed by atoms with Crippen LogP contribution in [0.2, 0.25) is 5.02 Å². The van der Waals surface area contributed by atoms with E-state index in [1.54, 1.807) is 0 Å². The van der Waals surface area contributed by atoms with Crippen molar-refractivity contribution in [2.24, 2.45) is 0 Å². The fourth-order valence-electron chi connectivity index (χ4n) is 2.27. The lowest BCUT2D eigenvalue weighted by Gasteiger charge is -2.14. The number of benzene rings is 1. The summed E-state index contributed by atoms with van der Waals surface area (Å²) in [5.74, 6) is 0.403. The molecule has 0 saturated heterocycles. The Morgan fingerprint density at radius 2 is 2.00 bits per heavy atom. The first kappa shape index (κ1) is 15.1. The molecule has 0 aliphatic rings. The second-order valence-corrected chi connectivity index (χ2v) is 6.07. The van der Waals surface area contributed by atoms with E-state index in [0.29, 0.717) is 12.0 Å². The van der Waals surface area contributed by atoms with Gasteiger partial charge in [-0.15, -0.1) is 0 Å². The maximum atomic E-state index is 6.08. The Labute approximate surface area is 126 Å². The van der Waals surface area contributed by atoms with Gasteiger partial charge < -0.3 is 5.32 Å². The molecule has 1 aromatic carbocycles. The zero-order chi connectivity index (χ0) is 14.7. The van der Waals surface area contributed by atoms with Crippen molar-refractivity contribution in [3.8, 4) is 5.69 Å². The van der Waals surface area contributed by atoms with Crippen LogP contribution in [0.4, 0.5) is 0 Å². The van der Waals surface area contributed by atoms with E-state index in [1.807, 2.05) is 35.1 Å². The quantitative estimate of drug-likeness (QED) is 0.897. The Morgan fingerprint density at radius 3 is 2.60 bits per heavy atom. The lowest BCUT2D eigenvalue weighted by Crippen LogP contribution is -2.22. The van der Waals surface area contributed by atoms with Crippen LogP contribution < -0.4 is 5.32 Å². The lowest BCUT2D eigenvalue weighted by molar-refractivity contribution is 0.582. The predicted molar refractivity (Wildman–Crippen MR) is 84.6 cm³/mol. The van der Waals surface area contributed by atoms with Crippen molar-refractivity contribution in [1.29, 1.82) is 0 Å². The van der Waals surface area contributed by atoms with E-state index in [1.165, 1.54) is 11.3 Å². The van der Waals surface area contributed by atoms with Crippen molar-refractivity contribution < 1.29 is 0 Å². The molecule has 2 rings (SSSR count). The summed E-state index contributed by atoms with van der Waals surface area (Å²) < 4.78 is 1.99. The molecular weight excluding hydrogens is 270 g/mol. The molecule has 2 aromatic rings. The molecule has 0 amide bonds. The van der Waals surface area contributed by atoms with Crippen LogP contribution in [0.25, 0.3) is 5.69 Å². The van der Waals surface area contributed by atoms with Crippen molar-refractivity contribution in [2.75, 3.05) is 0 Å². The molecule has 0 atom stereocenters. The zero-order valence-corrected chi connectivity index (χ0v) is 13.3. The third-order valence-electron chi connectivity index (χ3n) is 3.19. The van der Waals surface area contributed by atoms with E-state index in [0.717, 1.165) is 17.3 Å². The van der Waals surface area contributed by atoms with E-state index >= 15 is 0 Å². The van der Waals surface area contributed by atoms with Crippen LogP contribution in [0.5, 0.6) is 0 Å². The van der Waals surface area contributed by atoms with Crippen molar-refractivity contribution in [3.63, 3.8) is 0 Å². The highest BCUT2D eigenvalue weighted by molar-refractivity contribution is 6.30. The number of halogens is 1. The van der Waals surface area contributed by atoms with Crippen LogP contribution in [0, 0.1) is 0 Å². The zero-order valence-electron chi connectivity index (χ0n) is 12.5. The van der Waals surface area contributed by atoms with Gasteiger partial charge in [0.2, 0.25) is 0 Å². The molecule has 0 saturated carbocycles. The minimum atomic E-state index is 0.403. The molecule has 3 nitrogen and oxygen atoms in total. The number of hydrogen-bond acceptors (Lipinski definition) is 2. The van der Waals surface area contributed by atoms with Gasteiger partial charge in [0, 0.05) is 23.2 Å². The molecular formula is C16H22ClN3. The fraction of sp³-hybridized carbons (Fsp3) is 0.438. The molecule has 1 N–H and O–H groups in total. The van der Waals surface area contributed by atoms with Crippen molar-refractivity contribution in [2.45, 2.75) is 46.2 Å². The molecule has 0 radical (unpaired) electrons. The highest BCUT2D eigenvalue weighted by atomic mass is 35.5. The highest BCUT2D eigenvalue weighted by Crippen LogP contribution is 2.24. The largest absolute Gasteiger partial charge is 0.310 e. The first-order valence-electron chi connectivity index (χ1n) is 7.05. The molecule has 0 fully saturated rings. The smallest absolute Gasteiger partial charge is 0.0663 e. The molecule has 0 spiro atoms. The van der Waals surface area contributed by atoms with Crippen LogP contribution >= 0.6 is 11.6 Å². The van der Waals surface area contributed by atoms with E-state index in [2.05, 4.69) is 38.1 Å². The summed E-state index contributed by atoms with van der Waals surface area (Å²) in [6.45, 7) is 9.52. The van der Waals surface area contributed by atoms with Crippen molar-refractivity contribution >= 4 is 11.6 Å². The Kier molecular flexibility index (Phi) is 4.84. The molecule has 4 heteroatoms. The fourth-order valence-corrected chi connectivity index (χ4v) is 2.46. The van der Waals surface area contributed by atoms with Gasteiger partial charge in [0.25, 0.3) is 0 Å². The second kappa shape index (κ2) is 6.42. The van der Waals surface area contributed by atoms with Crippen molar-refractivity contribution in [1.82, 2.24) is 15.1 Å². The molecule has 1 heterocycles.